The largest absolute Gasteiger partial charge is 0.573 e. The second-order valence-electron chi connectivity index (χ2n) is 11.2. The number of aliphatic hydroxyl groups is 1. The molecule has 3 aromatic carbocycles. The van der Waals surface area contributed by atoms with Crippen molar-refractivity contribution in [1.82, 2.24) is 20.5 Å². The lowest BCUT2D eigenvalue weighted by Gasteiger charge is -2.25. The molecule has 1 saturated heterocycles. The zero-order chi connectivity index (χ0) is 32.5. The number of aromatic nitrogens is 1. The Morgan fingerprint density at radius 3 is 2.43 bits per heavy atom. The number of amides is 2. The Hall–Kier alpha value is -4.74. The normalized spacial score (nSPS) is 16.1. The topological polar surface area (TPSA) is 104 Å². The van der Waals surface area contributed by atoms with E-state index < -0.39 is 24.4 Å². The lowest BCUT2D eigenvalue weighted by molar-refractivity contribution is -0.274. The summed E-state index contributed by atoms with van der Waals surface area (Å²) in [4.78, 5) is 33.0. The van der Waals surface area contributed by atoms with Crippen molar-refractivity contribution in [1.29, 1.82) is 0 Å². The molecule has 11 heteroatoms. The van der Waals surface area contributed by atoms with Crippen LogP contribution in [0.4, 0.5) is 13.2 Å². The highest BCUT2D eigenvalue weighted by molar-refractivity contribution is 6.00. The van der Waals surface area contributed by atoms with Crippen molar-refractivity contribution < 1.29 is 32.6 Å². The lowest BCUT2D eigenvalue weighted by Crippen LogP contribution is -2.48. The lowest BCUT2D eigenvalue weighted by atomic mass is 10.00. The Morgan fingerprint density at radius 2 is 1.67 bits per heavy atom. The predicted octanol–water partition coefficient (Wildman–Crippen LogP) is 5.10. The summed E-state index contributed by atoms with van der Waals surface area (Å²) < 4.78 is 41.8. The second-order valence-corrected chi connectivity index (χ2v) is 11.2. The first-order valence-corrected chi connectivity index (χ1v) is 15.0. The van der Waals surface area contributed by atoms with Gasteiger partial charge >= 0.3 is 6.36 Å². The maximum absolute atomic E-state index is 13.4. The third-order valence-corrected chi connectivity index (χ3v) is 7.85. The van der Waals surface area contributed by atoms with Crippen molar-refractivity contribution in [2.24, 2.45) is 0 Å². The SMILES string of the molecule is O=C(N[C@@H](Cc1ccccc1)[C@@H](O)CNCc1cccc(OC(F)(F)F)c1)c1cccc(C(=O)N2CCC(c3ccccn3)C2)c1. The first-order chi connectivity index (χ1) is 22.1. The van der Waals surface area contributed by atoms with E-state index in [1.165, 1.54) is 18.2 Å². The minimum atomic E-state index is -4.80. The highest BCUT2D eigenvalue weighted by atomic mass is 19.4. The fourth-order valence-corrected chi connectivity index (χ4v) is 5.54. The Morgan fingerprint density at radius 1 is 0.935 bits per heavy atom. The van der Waals surface area contributed by atoms with E-state index in [4.69, 9.17) is 0 Å². The van der Waals surface area contributed by atoms with Crippen LogP contribution in [0, 0.1) is 0 Å². The standard InChI is InChI=1S/C35H35F3N4O4/c36-35(37,38)46-29-13-6-10-25(18-29)21-39-22-32(43)31(19-24-8-2-1-3-9-24)41-33(44)26-11-7-12-27(20-26)34(45)42-17-15-28(23-42)30-14-4-5-16-40-30/h1-14,16,18,20,28,31-32,39,43H,15,17,19,21-23H2,(H,41,44)/t28?,31-,32-/m0/s1. The number of carbonyl (C=O) groups is 2. The fourth-order valence-electron chi connectivity index (χ4n) is 5.54. The number of aliphatic hydroxyl groups excluding tert-OH is 1. The maximum atomic E-state index is 13.4. The summed E-state index contributed by atoms with van der Waals surface area (Å²) >= 11 is 0. The summed E-state index contributed by atoms with van der Waals surface area (Å²) in [6, 6.07) is 26.5. The Bertz CT molecular complexity index is 1600. The van der Waals surface area contributed by atoms with Gasteiger partial charge in [0.05, 0.1) is 12.1 Å². The molecule has 2 heterocycles. The molecule has 1 aliphatic rings. The van der Waals surface area contributed by atoms with E-state index in [1.807, 2.05) is 48.5 Å². The maximum Gasteiger partial charge on any atom is 0.573 e. The summed E-state index contributed by atoms with van der Waals surface area (Å²) in [5, 5.41) is 17.1. The van der Waals surface area contributed by atoms with E-state index in [0.717, 1.165) is 17.7 Å². The first-order valence-electron chi connectivity index (χ1n) is 15.0. The second kappa shape index (κ2) is 15.0. The molecule has 0 radical (unpaired) electrons. The monoisotopic (exact) mass is 632 g/mol. The number of nitrogens with zero attached hydrogens (tertiary/aromatic N) is 2. The van der Waals surface area contributed by atoms with Gasteiger partial charge < -0.3 is 25.4 Å². The summed E-state index contributed by atoms with van der Waals surface area (Å²) in [5.41, 5.74) is 3.05. The zero-order valence-electron chi connectivity index (χ0n) is 25.0. The van der Waals surface area contributed by atoms with Gasteiger partial charge in [0.1, 0.15) is 5.75 Å². The molecule has 240 valence electrons. The fraction of sp³-hybridized carbons (Fsp3) is 0.286. The van der Waals surface area contributed by atoms with Crippen molar-refractivity contribution >= 4 is 11.8 Å². The number of likely N-dealkylation sites (tertiary alicyclic amines) is 1. The molecule has 4 aromatic rings. The van der Waals surface area contributed by atoms with E-state index in [-0.39, 0.29) is 36.2 Å². The van der Waals surface area contributed by atoms with Crippen LogP contribution in [0.3, 0.4) is 0 Å². The average Bonchev–Trinajstić information content (AvgIpc) is 3.55. The van der Waals surface area contributed by atoms with Crippen LogP contribution >= 0.6 is 0 Å². The van der Waals surface area contributed by atoms with Crippen LogP contribution < -0.4 is 15.4 Å². The molecule has 5 rings (SSSR count). The number of carbonyl (C=O) groups excluding carboxylic acids is 2. The molecule has 1 unspecified atom stereocenters. The van der Waals surface area contributed by atoms with Crippen molar-refractivity contribution in [2.75, 3.05) is 19.6 Å². The molecule has 0 aliphatic carbocycles. The molecule has 3 N–H and O–H groups in total. The number of hydrogen-bond donors (Lipinski definition) is 3. The number of nitrogens with one attached hydrogen (secondary N) is 2. The molecule has 1 aromatic heterocycles. The van der Waals surface area contributed by atoms with Gasteiger partial charge in [-0.15, -0.1) is 13.2 Å². The molecule has 0 bridgehead atoms. The molecule has 0 saturated carbocycles. The van der Waals surface area contributed by atoms with Crippen LogP contribution in [0.25, 0.3) is 0 Å². The first kappa shape index (κ1) is 32.6. The van der Waals surface area contributed by atoms with Gasteiger partial charge in [0, 0.05) is 55.1 Å². The minimum absolute atomic E-state index is 0.0487. The van der Waals surface area contributed by atoms with Gasteiger partial charge in [-0.1, -0.05) is 54.6 Å². The van der Waals surface area contributed by atoms with E-state index >= 15 is 0 Å². The molecule has 0 spiro atoms. The van der Waals surface area contributed by atoms with Gasteiger partial charge in [0.25, 0.3) is 11.8 Å². The van der Waals surface area contributed by atoms with Gasteiger partial charge in [-0.25, -0.2) is 0 Å². The smallest absolute Gasteiger partial charge is 0.406 e. The molecule has 46 heavy (non-hydrogen) atoms. The van der Waals surface area contributed by atoms with Gasteiger partial charge in [-0.2, -0.15) is 0 Å². The van der Waals surface area contributed by atoms with Crippen LogP contribution in [0.2, 0.25) is 0 Å². The molecular weight excluding hydrogens is 597 g/mol. The van der Waals surface area contributed by atoms with Gasteiger partial charge in [-0.05, 0) is 66.4 Å². The average molecular weight is 633 g/mol. The van der Waals surface area contributed by atoms with Crippen LogP contribution in [-0.4, -0.2) is 64.9 Å². The molecular formula is C35H35F3N4O4. The van der Waals surface area contributed by atoms with Gasteiger partial charge in [-0.3, -0.25) is 14.6 Å². The molecule has 2 amide bonds. The third kappa shape index (κ3) is 9.15. The molecule has 1 fully saturated rings. The van der Waals surface area contributed by atoms with Crippen molar-refractivity contribution in [3.8, 4) is 5.75 Å². The third-order valence-electron chi connectivity index (χ3n) is 7.85. The number of pyridine rings is 1. The highest BCUT2D eigenvalue weighted by Crippen LogP contribution is 2.27. The van der Waals surface area contributed by atoms with Gasteiger partial charge in [0.2, 0.25) is 0 Å². The van der Waals surface area contributed by atoms with E-state index in [2.05, 4.69) is 20.4 Å². The van der Waals surface area contributed by atoms with Crippen molar-refractivity contribution in [2.45, 2.75) is 43.8 Å². The Balaban J connectivity index is 1.22. The molecule has 8 nitrogen and oxygen atoms in total. The number of ether oxygens (including phenoxy) is 1. The van der Waals surface area contributed by atoms with Crippen molar-refractivity contribution in [3.05, 3.63) is 131 Å². The number of halogens is 3. The molecule has 1 aliphatic heterocycles. The summed E-state index contributed by atoms with van der Waals surface area (Å²) in [5.74, 6) is -0.787. The minimum Gasteiger partial charge on any atom is -0.406 e. The Labute approximate surface area is 265 Å². The predicted molar refractivity (Wildman–Crippen MR) is 166 cm³/mol. The number of alkyl halides is 3. The number of rotatable bonds is 12. The summed E-state index contributed by atoms with van der Waals surface area (Å²) in [6.45, 7) is 1.35. The number of benzene rings is 3. The van der Waals surface area contributed by atoms with Crippen LogP contribution in [0.1, 0.15) is 49.9 Å². The van der Waals surface area contributed by atoms with Gasteiger partial charge in [0.15, 0.2) is 0 Å². The Kier molecular flexibility index (Phi) is 10.7. The van der Waals surface area contributed by atoms with Crippen molar-refractivity contribution in [3.63, 3.8) is 0 Å². The zero-order valence-corrected chi connectivity index (χ0v) is 25.0. The highest BCUT2D eigenvalue weighted by Gasteiger charge is 2.31. The summed E-state index contributed by atoms with van der Waals surface area (Å²) in [6.07, 6.45) is -2.96. The summed E-state index contributed by atoms with van der Waals surface area (Å²) in [7, 11) is 0. The molecule has 3 atom stereocenters. The van der Waals surface area contributed by atoms with Crippen LogP contribution in [0.15, 0.2) is 103 Å². The van der Waals surface area contributed by atoms with E-state index in [1.54, 1.807) is 41.4 Å². The van der Waals surface area contributed by atoms with Crippen LogP contribution in [-0.2, 0) is 13.0 Å². The van der Waals surface area contributed by atoms with Crippen LogP contribution in [0.5, 0.6) is 5.75 Å². The number of hydrogen-bond acceptors (Lipinski definition) is 6. The van der Waals surface area contributed by atoms with E-state index in [9.17, 15) is 27.9 Å². The quantitative estimate of drug-likeness (QED) is 0.201. The van der Waals surface area contributed by atoms with E-state index in [0.29, 0.717) is 30.6 Å².